The van der Waals surface area contributed by atoms with Gasteiger partial charge >= 0.3 is 6.03 Å². The van der Waals surface area contributed by atoms with Crippen molar-refractivity contribution in [1.29, 1.82) is 0 Å². The van der Waals surface area contributed by atoms with Gasteiger partial charge in [-0.25, -0.2) is 9.18 Å². The molecule has 3 aromatic carbocycles. The normalized spacial score (nSPS) is 10.5. The van der Waals surface area contributed by atoms with Gasteiger partial charge < -0.3 is 10.1 Å². The summed E-state index contributed by atoms with van der Waals surface area (Å²) in [5, 5.41) is 4.29. The molecule has 3 rings (SSSR count). The van der Waals surface area contributed by atoms with Gasteiger partial charge in [0.05, 0.1) is 25.8 Å². The van der Waals surface area contributed by atoms with Gasteiger partial charge in [-0.3, -0.25) is 10.1 Å². The topological polar surface area (TPSA) is 67.4 Å². The quantitative estimate of drug-likeness (QED) is 0.294. The maximum atomic E-state index is 13.7. The van der Waals surface area contributed by atoms with Gasteiger partial charge in [0.2, 0.25) is 0 Å². The molecule has 0 saturated heterocycles. The second-order valence-electron chi connectivity index (χ2n) is 5.93. The first kappa shape index (κ1) is 23.8. The third kappa shape index (κ3) is 5.70. The Morgan fingerprint density at radius 1 is 0.968 bits per heavy atom. The number of imide groups is 1. The summed E-state index contributed by atoms with van der Waals surface area (Å²) in [6, 6.07) is 10.8. The first-order chi connectivity index (χ1) is 14.7. The van der Waals surface area contributed by atoms with Crippen LogP contribution in [0.15, 0.2) is 57.5 Å². The molecule has 0 aliphatic carbocycles. The van der Waals surface area contributed by atoms with Crippen LogP contribution in [0, 0.1) is 5.82 Å². The van der Waals surface area contributed by atoms with Gasteiger partial charge in [0.25, 0.3) is 5.91 Å². The van der Waals surface area contributed by atoms with Crippen LogP contribution in [0.4, 0.5) is 14.9 Å². The van der Waals surface area contributed by atoms with Crippen LogP contribution in [-0.4, -0.2) is 11.9 Å². The molecule has 0 aromatic heterocycles. The third-order valence-corrected chi connectivity index (χ3v) is 6.06. The molecule has 0 aliphatic rings. The van der Waals surface area contributed by atoms with E-state index in [1.807, 2.05) is 5.32 Å². The van der Waals surface area contributed by atoms with Gasteiger partial charge in [0, 0.05) is 4.47 Å². The average Bonchev–Trinajstić information content (AvgIpc) is 2.70. The Bertz CT molecular complexity index is 1190. The SMILES string of the molecule is O=C(NC(=O)c1ccccc1F)Nc1cc(Cl)c(Oc2ccc(Br)cc2Br)c(Cl)c1Cl. The number of carbonyl (C=O) groups excluding carboxylic acids is 2. The van der Waals surface area contributed by atoms with Gasteiger partial charge in [-0.15, -0.1) is 0 Å². The zero-order valence-corrected chi connectivity index (χ0v) is 20.6. The van der Waals surface area contributed by atoms with E-state index in [0.717, 1.165) is 10.5 Å². The molecule has 160 valence electrons. The predicted octanol–water partition coefficient (Wildman–Crippen LogP) is 8.07. The minimum atomic E-state index is -0.952. The second-order valence-corrected chi connectivity index (χ2v) is 8.86. The van der Waals surface area contributed by atoms with Crippen LogP contribution in [0.25, 0.3) is 0 Å². The van der Waals surface area contributed by atoms with Crippen molar-refractivity contribution in [2.75, 3.05) is 5.32 Å². The summed E-state index contributed by atoms with van der Waals surface area (Å²) in [5.41, 5.74) is -0.263. The second kappa shape index (κ2) is 10.2. The zero-order valence-electron chi connectivity index (χ0n) is 15.1. The lowest BCUT2D eigenvalue weighted by Crippen LogP contribution is -2.34. The lowest BCUT2D eigenvalue weighted by atomic mass is 10.2. The van der Waals surface area contributed by atoms with E-state index in [2.05, 4.69) is 37.2 Å². The van der Waals surface area contributed by atoms with Crippen molar-refractivity contribution in [1.82, 2.24) is 5.32 Å². The fourth-order valence-electron chi connectivity index (χ4n) is 2.40. The van der Waals surface area contributed by atoms with Crippen molar-refractivity contribution in [2.24, 2.45) is 0 Å². The van der Waals surface area contributed by atoms with Crippen molar-refractivity contribution in [3.63, 3.8) is 0 Å². The number of hydrogen-bond acceptors (Lipinski definition) is 3. The number of amides is 3. The molecule has 3 amide bonds. The van der Waals surface area contributed by atoms with E-state index in [0.29, 0.717) is 10.2 Å². The number of hydrogen-bond donors (Lipinski definition) is 2. The Balaban J connectivity index is 1.79. The number of nitrogens with one attached hydrogen (secondary N) is 2. The van der Waals surface area contributed by atoms with Gasteiger partial charge in [-0.05, 0) is 52.3 Å². The molecule has 31 heavy (non-hydrogen) atoms. The molecular formula is C20H10Br2Cl3FN2O3. The first-order valence-electron chi connectivity index (χ1n) is 8.34. The molecule has 0 aliphatic heterocycles. The van der Waals surface area contributed by atoms with E-state index >= 15 is 0 Å². The van der Waals surface area contributed by atoms with E-state index in [4.69, 9.17) is 39.5 Å². The molecular weight excluding hydrogens is 601 g/mol. The molecule has 0 heterocycles. The maximum Gasteiger partial charge on any atom is 0.326 e. The van der Waals surface area contributed by atoms with Crippen LogP contribution in [0.3, 0.4) is 0 Å². The lowest BCUT2D eigenvalue weighted by Gasteiger charge is -2.15. The fraction of sp³-hybridized carbons (Fsp3) is 0. The lowest BCUT2D eigenvalue weighted by molar-refractivity contribution is 0.0963. The van der Waals surface area contributed by atoms with Crippen LogP contribution in [-0.2, 0) is 0 Å². The van der Waals surface area contributed by atoms with Crippen molar-refractivity contribution >= 4 is 84.3 Å². The summed E-state index contributed by atoms with van der Waals surface area (Å²) < 4.78 is 20.9. The Morgan fingerprint density at radius 3 is 2.35 bits per heavy atom. The maximum absolute atomic E-state index is 13.7. The molecule has 0 fully saturated rings. The number of ether oxygens (including phenoxy) is 1. The highest BCUT2D eigenvalue weighted by molar-refractivity contribution is 9.11. The smallest absolute Gasteiger partial charge is 0.326 e. The minimum absolute atomic E-state index is 0.0257. The number of rotatable bonds is 4. The molecule has 0 saturated carbocycles. The van der Waals surface area contributed by atoms with Gasteiger partial charge in [0.15, 0.2) is 5.75 Å². The monoisotopic (exact) mass is 608 g/mol. The molecule has 0 atom stereocenters. The van der Waals surface area contributed by atoms with Crippen LogP contribution in [0.2, 0.25) is 15.1 Å². The average molecular weight is 611 g/mol. The van der Waals surface area contributed by atoms with Gasteiger partial charge in [-0.2, -0.15) is 0 Å². The van der Waals surface area contributed by atoms with E-state index in [-0.39, 0.29) is 32.1 Å². The molecule has 5 nitrogen and oxygen atoms in total. The highest BCUT2D eigenvalue weighted by atomic mass is 79.9. The number of urea groups is 1. The molecule has 11 heteroatoms. The molecule has 0 spiro atoms. The van der Waals surface area contributed by atoms with E-state index in [1.54, 1.807) is 18.2 Å². The minimum Gasteiger partial charge on any atom is -0.453 e. The summed E-state index contributed by atoms with van der Waals surface area (Å²) in [6.07, 6.45) is 0. The third-order valence-electron chi connectivity index (χ3n) is 3.82. The summed E-state index contributed by atoms with van der Waals surface area (Å²) in [7, 11) is 0. The van der Waals surface area contributed by atoms with E-state index < -0.39 is 17.8 Å². The predicted molar refractivity (Wildman–Crippen MR) is 126 cm³/mol. The summed E-state index contributed by atoms with van der Waals surface area (Å²) in [5.74, 6) is -1.19. The molecule has 2 N–H and O–H groups in total. The Kier molecular flexibility index (Phi) is 7.82. The first-order valence-corrected chi connectivity index (χ1v) is 11.1. The molecule has 0 bridgehead atoms. The fourth-order valence-corrected chi connectivity index (χ4v) is 4.25. The Hall–Kier alpha value is -1.84. The summed E-state index contributed by atoms with van der Waals surface area (Å²) in [4.78, 5) is 24.3. The van der Waals surface area contributed by atoms with Gasteiger partial charge in [-0.1, -0.05) is 62.9 Å². The highest BCUT2D eigenvalue weighted by Gasteiger charge is 2.20. The van der Waals surface area contributed by atoms with Crippen molar-refractivity contribution in [3.8, 4) is 11.5 Å². The van der Waals surface area contributed by atoms with Crippen molar-refractivity contribution in [3.05, 3.63) is 83.9 Å². The van der Waals surface area contributed by atoms with E-state index in [1.165, 1.54) is 24.3 Å². The number of halogens is 6. The zero-order chi connectivity index (χ0) is 22.7. The summed E-state index contributed by atoms with van der Waals surface area (Å²) >= 11 is 25.5. The molecule has 0 radical (unpaired) electrons. The van der Waals surface area contributed by atoms with Crippen molar-refractivity contribution in [2.45, 2.75) is 0 Å². The van der Waals surface area contributed by atoms with Crippen LogP contribution in [0.1, 0.15) is 10.4 Å². The standard InChI is InChI=1S/C20H10Br2Cl3FN2O3/c21-9-5-6-15(11(22)7-9)31-18-12(23)8-14(16(24)17(18)25)27-20(30)28-19(29)10-3-1-2-4-13(10)26/h1-8H,(H2,27,28,29,30). The van der Waals surface area contributed by atoms with Gasteiger partial charge in [0.1, 0.15) is 16.6 Å². The Labute approximate surface area is 208 Å². The number of benzene rings is 3. The largest absolute Gasteiger partial charge is 0.453 e. The van der Waals surface area contributed by atoms with Crippen LogP contribution < -0.4 is 15.4 Å². The van der Waals surface area contributed by atoms with E-state index in [9.17, 15) is 14.0 Å². The van der Waals surface area contributed by atoms with Crippen LogP contribution in [0.5, 0.6) is 11.5 Å². The van der Waals surface area contributed by atoms with Crippen molar-refractivity contribution < 1.29 is 18.7 Å². The number of anilines is 1. The number of carbonyl (C=O) groups is 2. The molecule has 3 aromatic rings. The molecule has 0 unspecified atom stereocenters. The Morgan fingerprint density at radius 2 is 1.68 bits per heavy atom. The van der Waals surface area contributed by atoms with Crippen LogP contribution >= 0.6 is 66.7 Å². The summed E-state index contributed by atoms with van der Waals surface area (Å²) in [6.45, 7) is 0. The highest BCUT2D eigenvalue weighted by Crippen LogP contribution is 2.46.